The Morgan fingerprint density at radius 1 is 0.816 bits per heavy atom. The topological polar surface area (TPSA) is 125 Å². The van der Waals surface area contributed by atoms with E-state index in [-0.39, 0.29) is 11.1 Å². The first kappa shape index (κ1) is 34.5. The lowest BCUT2D eigenvalue weighted by Gasteiger charge is -2.11. The van der Waals surface area contributed by atoms with Gasteiger partial charge in [-0.2, -0.15) is 18.6 Å². The van der Waals surface area contributed by atoms with E-state index in [2.05, 4.69) is 86.5 Å². The summed E-state index contributed by atoms with van der Waals surface area (Å²) in [5, 5.41) is 20.5. The summed E-state index contributed by atoms with van der Waals surface area (Å²) in [6.45, 7) is 14.3. The number of hydrogen-bond acceptors (Lipinski definition) is 6. The van der Waals surface area contributed by atoms with Crippen LogP contribution in [0.4, 0.5) is 11.4 Å². The molecule has 0 aliphatic rings. The summed E-state index contributed by atoms with van der Waals surface area (Å²) in [7, 11) is -3.23. The second-order valence-corrected chi connectivity index (χ2v) is 9.39. The minimum absolute atomic E-state index is 0.278. The third-order valence-corrected chi connectivity index (χ3v) is 5.48. The van der Waals surface area contributed by atoms with Gasteiger partial charge in [-0.3, -0.25) is 4.55 Å². The highest BCUT2D eigenvalue weighted by Crippen LogP contribution is 2.43. The molecule has 0 aromatic heterocycles. The number of aromatic hydroxyl groups is 1. The maximum atomic E-state index is 11.4. The molecule has 0 bridgehead atoms. The number of anilines is 1. The highest BCUT2D eigenvalue weighted by molar-refractivity contribution is 7.86. The highest BCUT2D eigenvalue weighted by Gasteiger charge is 2.23. The molecule has 4 N–H and O–H groups in total. The molecular weight excluding hydrogens is 498 g/mol. The van der Waals surface area contributed by atoms with Crippen LogP contribution in [0.5, 0.6) is 5.75 Å². The molecule has 0 saturated carbocycles. The number of nitrogens with two attached hydrogens (primary N) is 1. The molecule has 0 spiro atoms. The first-order valence-corrected chi connectivity index (χ1v) is 14.3. The van der Waals surface area contributed by atoms with Crippen LogP contribution in [-0.4, -0.2) is 25.1 Å². The second kappa shape index (κ2) is 17.9. The lowest BCUT2D eigenvalue weighted by Crippen LogP contribution is -2.00. The van der Waals surface area contributed by atoms with Crippen molar-refractivity contribution in [2.24, 2.45) is 10.2 Å². The van der Waals surface area contributed by atoms with Crippen molar-refractivity contribution in [2.75, 3.05) is 12.8 Å². The zero-order valence-corrected chi connectivity index (χ0v) is 24.7. The Morgan fingerprint density at radius 3 is 1.61 bits per heavy atom. The van der Waals surface area contributed by atoms with Gasteiger partial charge in [-0.25, -0.2) is 0 Å². The SMILES string of the molecule is CC.CCC.CCC.CN=Nc1c(S(=O)(=O)O)cc2ccc(C)c(N)c2c1O.c1ccc2ccccc2c1. The number of hydrogen-bond donors (Lipinski definition) is 3. The number of aryl methyl sites for hydroxylation is 1. The molecule has 0 aliphatic carbocycles. The Hall–Kier alpha value is -3.49. The molecule has 0 heterocycles. The predicted molar refractivity (Wildman–Crippen MR) is 162 cm³/mol. The van der Waals surface area contributed by atoms with Crippen LogP contribution in [0, 0.1) is 6.92 Å². The van der Waals surface area contributed by atoms with Gasteiger partial charge in [-0.1, -0.05) is 115 Å². The predicted octanol–water partition coefficient (Wildman–Crippen LogP) is 9.09. The van der Waals surface area contributed by atoms with Gasteiger partial charge >= 0.3 is 0 Å². The van der Waals surface area contributed by atoms with Crippen LogP contribution in [0.3, 0.4) is 0 Å². The Morgan fingerprint density at radius 2 is 1.24 bits per heavy atom. The molecule has 8 heteroatoms. The number of fused-ring (bicyclic) bond motifs is 2. The van der Waals surface area contributed by atoms with Crippen LogP contribution >= 0.6 is 0 Å². The molecule has 0 fully saturated rings. The van der Waals surface area contributed by atoms with Gasteiger partial charge in [-0.05, 0) is 34.7 Å². The molecule has 0 aliphatic heterocycles. The first-order chi connectivity index (χ1) is 18.1. The Bertz CT molecular complexity index is 1330. The van der Waals surface area contributed by atoms with Crippen LogP contribution in [0.2, 0.25) is 0 Å². The highest BCUT2D eigenvalue weighted by atomic mass is 32.2. The van der Waals surface area contributed by atoms with Crippen LogP contribution < -0.4 is 5.73 Å². The van der Waals surface area contributed by atoms with E-state index >= 15 is 0 Å². The molecule has 0 amide bonds. The summed E-state index contributed by atoms with van der Waals surface area (Å²) in [6.07, 6.45) is 2.50. The van der Waals surface area contributed by atoms with Crippen LogP contribution in [-0.2, 0) is 10.1 Å². The van der Waals surface area contributed by atoms with E-state index in [1.165, 1.54) is 36.7 Å². The molecule has 0 unspecified atom stereocenters. The van der Waals surface area contributed by atoms with Crippen LogP contribution in [0.25, 0.3) is 21.5 Å². The zero-order chi connectivity index (χ0) is 29.3. The zero-order valence-electron chi connectivity index (χ0n) is 23.9. The number of phenols is 1. The fraction of sp³-hybridized carbons (Fsp3) is 0.333. The third kappa shape index (κ3) is 10.1. The van der Waals surface area contributed by atoms with E-state index in [1.54, 1.807) is 19.1 Å². The quantitative estimate of drug-likeness (QED) is 0.132. The summed E-state index contributed by atoms with van der Waals surface area (Å²) in [6, 6.07) is 21.2. The maximum absolute atomic E-state index is 11.4. The average Bonchev–Trinajstić information content (AvgIpc) is 2.89. The lowest BCUT2D eigenvalue weighted by molar-refractivity contribution is 0.472. The van der Waals surface area contributed by atoms with E-state index in [4.69, 9.17) is 5.73 Å². The summed E-state index contributed by atoms with van der Waals surface area (Å²) in [5.74, 6) is -0.429. The van der Waals surface area contributed by atoms with Gasteiger partial charge in [0.15, 0.2) is 5.75 Å². The van der Waals surface area contributed by atoms with Gasteiger partial charge in [0.1, 0.15) is 10.6 Å². The molecule has 208 valence electrons. The Kier molecular flexibility index (Phi) is 16.2. The van der Waals surface area contributed by atoms with Crippen molar-refractivity contribution < 1.29 is 18.1 Å². The molecule has 4 aromatic rings. The van der Waals surface area contributed by atoms with Crippen molar-refractivity contribution in [1.82, 2.24) is 0 Å². The monoisotopic (exact) mass is 541 g/mol. The number of nitrogens with zero attached hydrogens (tertiary/aromatic N) is 2. The standard InChI is InChI=1S/C12H13N3O4S.C10H8.2C3H8.C2H6/c1-6-3-4-7-5-8(20(17,18)19)11(15-14-2)12(16)9(7)10(6)13;1-2-6-10-8-4-3-7-9(10)5-1;2*1-3-2;1-2/h3-5,16H,13H2,1-2H3,(H,17,18,19);1-8H;2*3H2,1-2H3;1-2H3. The number of benzene rings is 4. The van der Waals surface area contributed by atoms with Crippen LogP contribution in [0.1, 0.15) is 59.9 Å². The van der Waals surface area contributed by atoms with E-state index in [1.807, 2.05) is 13.8 Å². The molecule has 38 heavy (non-hydrogen) atoms. The number of phenolic OH excluding ortho intramolecular Hbond substituents is 1. The summed E-state index contributed by atoms with van der Waals surface area (Å²) in [5.41, 5.74) is 6.61. The molecule has 4 aromatic carbocycles. The van der Waals surface area contributed by atoms with Crippen LogP contribution in [0.15, 0.2) is 81.9 Å². The van der Waals surface area contributed by atoms with Crippen molar-refractivity contribution >= 4 is 43.0 Å². The van der Waals surface area contributed by atoms with E-state index < -0.39 is 20.8 Å². The molecule has 7 nitrogen and oxygen atoms in total. The minimum atomic E-state index is -4.55. The van der Waals surface area contributed by atoms with Crippen molar-refractivity contribution in [3.05, 3.63) is 72.3 Å². The average molecular weight is 542 g/mol. The van der Waals surface area contributed by atoms with Gasteiger partial charge < -0.3 is 10.8 Å². The van der Waals surface area contributed by atoms with Crippen molar-refractivity contribution in [3.63, 3.8) is 0 Å². The van der Waals surface area contributed by atoms with Gasteiger partial charge in [0.25, 0.3) is 10.1 Å². The molecule has 0 radical (unpaired) electrons. The summed E-state index contributed by atoms with van der Waals surface area (Å²) >= 11 is 0. The fourth-order valence-corrected chi connectivity index (χ4v) is 3.75. The molecule has 0 saturated heterocycles. The largest absolute Gasteiger partial charge is 0.505 e. The normalized spacial score (nSPS) is 10.2. The van der Waals surface area contributed by atoms with Gasteiger partial charge in [0, 0.05) is 18.1 Å². The Labute approximate surface area is 228 Å². The van der Waals surface area contributed by atoms with E-state index in [0.29, 0.717) is 11.1 Å². The first-order valence-electron chi connectivity index (χ1n) is 12.8. The third-order valence-electron chi connectivity index (χ3n) is 4.61. The summed E-state index contributed by atoms with van der Waals surface area (Å²) < 4.78 is 32.0. The lowest BCUT2D eigenvalue weighted by atomic mass is 10.0. The van der Waals surface area contributed by atoms with Crippen molar-refractivity contribution in [2.45, 2.75) is 66.2 Å². The smallest absolute Gasteiger partial charge is 0.296 e. The number of azo groups is 1. The van der Waals surface area contributed by atoms with Crippen molar-refractivity contribution in [1.29, 1.82) is 0 Å². The number of rotatable bonds is 2. The Balaban J connectivity index is 0.000000630. The minimum Gasteiger partial charge on any atom is -0.505 e. The molecule has 4 rings (SSSR count). The molecule has 0 atom stereocenters. The van der Waals surface area contributed by atoms with Crippen molar-refractivity contribution in [3.8, 4) is 5.75 Å². The fourth-order valence-electron chi connectivity index (χ4n) is 3.10. The van der Waals surface area contributed by atoms with Gasteiger partial charge in [0.2, 0.25) is 0 Å². The van der Waals surface area contributed by atoms with E-state index in [9.17, 15) is 18.1 Å². The second-order valence-electron chi connectivity index (χ2n) is 8.00. The van der Waals surface area contributed by atoms with Gasteiger partial charge in [0.05, 0.1) is 0 Å². The molecular formula is C30H43N3O4S. The van der Waals surface area contributed by atoms with E-state index in [0.717, 1.165) is 5.56 Å². The van der Waals surface area contributed by atoms with Gasteiger partial charge in [-0.15, -0.1) is 0 Å². The summed E-state index contributed by atoms with van der Waals surface area (Å²) in [4.78, 5) is -0.517. The maximum Gasteiger partial charge on any atom is 0.296 e. The number of nitrogen functional groups attached to an aromatic ring is 1.